The zero-order valence-electron chi connectivity index (χ0n) is 8.70. The second-order valence-corrected chi connectivity index (χ2v) is 4.88. The Morgan fingerprint density at radius 2 is 2.06 bits per heavy atom. The second-order valence-electron chi connectivity index (χ2n) is 3.43. The van der Waals surface area contributed by atoms with Gasteiger partial charge < -0.3 is 0 Å². The summed E-state index contributed by atoms with van der Waals surface area (Å²) in [5.74, 6) is 0. The van der Waals surface area contributed by atoms with E-state index in [1.165, 1.54) is 16.9 Å². The fourth-order valence-electron chi connectivity index (χ4n) is 1.33. The molecule has 1 heterocycles. The van der Waals surface area contributed by atoms with Gasteiger partial charge in [0.25, 0.3) is 0 Å². The Kier molecular flexibility index (Phi) is 3.23. The molecule has 1 aromatic carbocycles. The van der Waals surface area contributed by atoms with Crippen molar-refractivity contribution in [3.63, 3.8) is 0 Å². The molecular weight excluding hydrogens is 240 g/mol. The summed E-state index contributed by atoms with van der Waals surface area (Å²) < 4.78 is 0. The minimum Gasteiger partial charge on any atom is -0.224 e. The molecule has 2 nitrogen and oxygen atoms in total. The van der Waals surface area contributed by atoms with Crippen molar-refractivity contribution >= 4 is 22.9 Å². The fraction of sp³-hybridized carbons (Fsp3) is 0.167. The standard InChI is InChI=1S/C12H9ClN2S/c1-8-2-4-9(5-3-8)12-15-11(13)10(16-12)6-7-14/h2-5H,6H2,1H3. The van der Waals surface area contributed by atoms with Gasteiger partial charge in [-0.1, -0.05) is 41.4 Å². The summed E-state index contributed by atoms with van der Waals surface area (Å²) in [6, 6.07) is 10.2. The normalized spacial score (nSPS) is 10.1. The lowest BCUT2D eigenvalue weighted by Gasteiger charge is -1.95. The van der Waals surface area contributed by atoms with Gasteiger partial charge >= 0.3 is 0 Å². The lowest BCUT2D eigenvalue weighted by Crippen LogP contribution is -1.76. The van der Waals surface area contributed by atoms with Gasteiger partial charge in [-0.05, 0) is 6.92 Å². The molecule has 0 unspecified atom stereocenters. The molecule has 4 heteroatoms. The minimum atomic E-state index is 0.322. The summed E-state index contributed by atoms with van der Waals surface area (Å²) in [7, 11) is 0. The van der Waals surface area contributed by atoms with Crippen molar-refractivity contribution in [3.05, 3.63) is 39.9 Å². The van der Waals surface area contributed by atoms with Crippen LogP contribution in [0.3, 0.4) is 0 Å². The van der Waals surface area contributed by atoms with Crippen molar-refractivity contribution < 1.29 is 0 Å². The zero-order valence-corrected chi connectivity index (χ0v) is 10.3. The van der Waals surface area contributed by atoms with Crippen LogP contribution in [-0.2, 0) is 6.42 Å². The molecular formula is C12H9ClN2S. The van der Waals surface area contributed by atoms with E-state index < -0.39 is 0 Å². The Hall–Kier alpha value is -1.37. The maximum absolute atomic E-state index is 8.63. The maximum Gasteiger partial charge on any atom is 0.144 e. The van der Waals surface area contributed by atoms with Crippen molar-refractivity contribution in [3.8, 4) is 16.6 Å². The summed E-state index contributed by atoms with van der Waals surface area (Å²) in [5.41, 5.74) is 2.25. The summed E-state index contributed by atoms with van der Waals surface area (Å²) in [6.45, 7) is 2.04. The SMILES string of the molecule is Cc1ccc(-c2nc(Cl)c(CC#N)s2)cc1. The number of nitriles is 1. The van der Waals surface area contributed by atoms with Crippen LogP contribution in [0.5, 0.6) is 0 Å². The number of thiazole rings is 1. The third-order valence-electron chi connectivity index (χ3n) is 2.19. The third kappa shape index (κ3) is 2.24. The highest BCUT2D eigenvalue weighted by atomic mass is 35.5. The average Bonchev–Trinajstić information content (AvgIpc) is 2.62. The van der Waals surface area contributed by atoms with Crippen LogP contribution in [0.15, 0.2) is 24.3 Å². The van der Waals surface area contributed by atoms with E-state index in [2.05, 4.69) is 11.1 Å². The van der Waals surface area contributed by atoms with E-state index in [4.69, 9.17) is 16.9 Å². The van der Waals surface area contributed by atoms with E-state index in [0.29, 0.717) is 11.6 Å². The number of hydrogen-bond acceptors (Lipinski definition) is 3. The molecule has 0 spiro atoms. The molecule has 0 aliphatic carbocycles. The lowest BCUT2D eigenvalue weighted by molar-refractivity contribution is 1.28. The van der Waals surface area contributed by atoms with Crippen molar-refractivity contribution in [2.24, 2.45) is 0 Å². The Morgan fingerprint density at radius 1 is 1.38 bits per heavy atom. The molecule has 1 aromatic heterocycles. The molecule has 0 radical (unpaired) electrons. The predicted octanol–water partition coefficient (Wildman–Crippen LogP) is 3.84. The van der Waals surface area contributed by atoms with Crippen LogP contribution < -0.4 is 0 Å². The summed E-state index contributed by atoms with van der Waals surface area (Å²) in [6.07, 6.45) is 0.322. The Labute approximate surface area is 103 Å². The molecule has 0 aliphatic rings. The third-order valence-corrected chi connectivity index (χ3v) is 3.72. The van der Waals surface area contributed by atoms with Gasteiger partial charge in [-0.3, -0.25) is 0 Å². The number of aromatic nitrogens is 1. The first-order valence-electron chi connectivity index (χ1n) is 4.80. The van der Waals surface area contributed by atoms with Gasteiger partial charge in [0.1, 0.15) is 10.2 Å². The molecule has 0 bridgehead atoms. The Balaban J connectivity index is 2.38. The monoisotopic (exact) mass is 248 g/mol. The number of benzene rings is 1. The quantitative estimate of drug-likeness (QED) is 0.810. The van der Waals surface area contributed by atoms with E-state index in [9.17, 15) is 0 Å². The predicted molar refractivity (Wildman–Crippen MR) is 66.6 cm³/mol. The number of nitrogens with zero attached hydrogens (tertiary/aromatic N) is 2. The minimum absolute atomic E-state index is 0.322. The van der Waals surface area contributed by atoms with Crippen LogP contribution in [-0.4, -0.2) is 4.98 Å². The maximum atomic E-state index is 8.63. The molecule has 0 fully saturated rings. The van der Waals surface area contributed by atoms with Crippen molar-refractivity contribution in [2.45, 2.75) is 13.3 Å². The highest BCUT2D eigenvalue weighted by Gasteiger charge is 2.10. The van der Waals surface area contributed by atoms with Crippen molar-refractivity contribution in [2.75, 3.05) is 0 Å². The van der Waals surface area contributed by atoms with Gasteiger partial charge in [0.2, 0.25) is 0 Å². The summed E-state index contributed by atoms with van der Waals surface area (Å²) in [5, 5.41) is 9.95. The first-order valence-corrected chi connectivity index (χ1v) is 5.99. The van der Waals surface area contributed by atoms with Crippen LogP contribution in [0.4, 0.5) is 0 Å². The molecule has 0 amide bonds. The lowest BCUT2D eigenvalue weighted by atomic mass is 10.2. The van der Waals surface area contributed by atoms with E-state index in [1.54, 1.807) is 0 Å². The van der Waals surface area contributed by atoms with Gasteiger partial charge in [0.15, 0.2) is 0 Å². The van der Waals surface area contributed by atoms with Crippen LogP contribution >= 0.6 is 22.9 Å². The molecule has 0 N–H and O–H groups in total. The Morgan fingerprint density at radius 3 is 2.69 bits per heavy atom. The van der Waals surface area contributed by atoms with Crippen molar-refractivity contribution in [1.29, 1.82) is 5.26 Å². The van der Waals surface area contributed by atoms with Gasteiger partial charge in [-0.2, -0.15) is 5.26 Å². The number of aryl methyl sites for hydroxylation is 1. The first kappa shape index (κ1) is 11.1. The first-order chi connectivity index (χ1) is 7.70. The van der Waals surface area contributed by atoms with E-state index >= 15 is 0 Å². The number of hydrogen-bond donors (Lipinski definition) is 0. The molecule has 2 aromatic rings. The van der Waals surface area contributed by atoms with E-state index in [1.807, 2.05) is 31.2 Å². The van der Waals surface area contributed by atoms with E-state index in [0.717, 1.165) is 15.4 Å². The molecule has 0 saturated carbocycles. The molecule has 0 saturated heterocycles. The second kappa shape index (κ2) is 4.65. The highest BCUT2D eigenvalue weighted by Crippen LogP contribution is 2.31. The van der Waals surface area contributed by atoms with Crippen LogP contribution in [0.1, 0.15) is 10.4 Å². The van der Waals surface area contributed by atoms with Crippen LogP contribution in [0.25, 0.3) is 10.6 Å². The summed E-state index contributed by atoms with van der Waals surface area (Å²) >= 11 is 7.43. The molecule has 2 rings (SSSR count). The zero-order chi connectivity index (χ0) is 11.5. The summed E-state index contributed by atoms with van der Waals surface area (Å²) in [4.78, 5) is 5.10. The average molecular weight is 249 g/mol. The van der Waals surface area contributed by atoms with Crippen molar-refractivity contribution in [1.82, 2.24) is 4.98 Å². The number of rotatable bonds is 2. The van der Waals surface area contributed by atoms with Gasteiger partial charge in [-0.25, -0.2) is 4.98 Å². The van der Waals surface area contributed by atoms with Crippen LogP contribution in [0, 0.1) is 18.3 Å². The highest BCUT2D eigenvalue weighted by molar-refractivity contribution is 7.15. The topological polar surface area (TPSA) is 36.7 Å². The van der Waals surface area contributed by atoms with Crippen LogP contribution in [0.2, 0.25) is 5.15 Å². The van der Waals surface area contributed by atoms with Gasteiger partial charge in [0.05, 0.1) is 17.4 Å². The number of halogens is 1. The van der Waals surface area contributed by atoms with E-state index in [-0.39, 0.29) is 0 Å². The van der Waals surface area contributed by atoms with Gasteiger partial charge in [0, 0.05) is 5.56 Å². The smallest absolute Gasteiger partial charge is 0.144 e. The largest absolute Gasteiger partial charge is 0.224 e. The molecule has 0 atom stereocenters. The molecule has 0 aliphatic heterocycles. The Bertz CT molecular complexity index is 537. The molecule has 80 valence electrons. The van der Waals surface area contributed by atoms with Gasteiger partial charge in [-0.15, -0.1) is 11.3 Å². The fourth-order valence-corrected chi connectivity index (χ4v) is 2.54. The molecule has 16 heavy (non-hydrogen) atoms.